The Hall–Kier alpha value is -4.40. The molecule has 4 N–H and O–H groups in total. The molecule has 1 saturated heterocycles. The highest BCUT2D eigenvalue weighted by molar-refractivity contribution is 7.91. The fraction of sp³-hybridized carbons (Fsp3) is 0.571. The van der Waals surface area contributed by atoms with E-state index in [1.165, 1.54) is 4.90 Å². The van der Waals surface area contributed by atoms with Gasteiger partial charge in [-0.05, 0) is 75.5 Å². The zero-order valence-corrected chi connectivity index (χ0v) is 29.5. The van der Waals surface area contributed by atoms with Crippen LogP contribution in [0.1, 0.15) is 65.7 Å². The molecule has 270 valence electrons. The van der Waals surface area contributed by atoms with Crippen molar-refractivity contribution in [2.75, 3.05) is 13.7 Å². The molecule has 2 aliphatic heterocycles. The number of sulfonamides is 1. The number of rotatable bonds is 7. The van der Waals surface area contributed by atoms with Gasteiger partial charge in [-0.25, -0.2) is 18.2 Å². The van der Waals surface area contributed by atoms with E-state index < -0.39 is 74.1 Å². The topological polar surface area (TPSA) is 193 Å². The molecule has 2 aromatic rings. The summed E-state index contributed by atoms with van der Waals surface area (Å²) < 4.78 is 39.2. The maximum atomic E-state index is 14.3. The molecule has 3 fully saturated rings. The van der Waals surface area contributed by atoms with Crippen LogP contribution in [0.5, 0.6) is 11.6 Å². The Balaban J connectivity index is 1.34. The van der Waals surface area contributed by atoms with Gasteiger partial charge in [-0.3, -0.25) is 19.1 Å². The van der Waals surface area contributed by atoms with Gasteiger partial charge in [0.05, 0.1) is 18.4 Å². The standard InChI is InChI=1S/C35H45N5O9S/c1-20-8-5-6-9-22-18-35(22,32(43)39-50(46,47)34(3)13-14-34)38-29(41)26-17-23(19-40(26)31(42)28(21(2)16-20)37-33(44)45)49-30-25-10-7-11-27(48-4)24(25)12-15-36-30/h6-7,9-12,15,20-23,26,28,37H,5,8,13-14,16-19H2,1-4H3,(H,38,41)(H,39,43)(H,44,45)/t20-,21-,22-,23-,26+,28+,35-/m1/s1. The largest absolute Gasteiger partial charge is 0.496 e. The zero-order chi connectivity index (χ0) is 36.0. The average molecular weight is 712 g/mol. The molecule has 15 heteroatoms. The van der Waals surface area contributed by atoms with Crippen molar-refractivity contribution in [1.29, 1.82) is 0 Å². The monoisotopic (exact) mass is 711 g/mol. The Morgan fingerprint density at radius 1 is 1.12 bits per heavy atom. The van der Waals surface area contributed by atoms with Gasteiger partial charge in [0, 0.05) is 29.3 Å². The van der Waals surface area contributed by atoms with Crippen LogP contribution in [0.15, 0.2) is 42.6 Å². The Morgan fingerprint density at radius 3 is 2.58 bits per heavy atom. The lowest BCUT2D eigenvalue weighted by Gasteiger charge is -2.32. The highest BCUT2D eigenvalue weighted by Gasteiger charge is 2.63. The quantitative estimate of drug-likeness (QED) is 0.310. The third-order valence-electron chi connectivity index (χ3n) is 10.8. The number of hydrogen-bond acceptors (Lipinski definition) is 9. The number of nitrogens with zero attached hydrogens (tertiary/aromatic N) is 2. The zero-order valence-electron chi connectivity index (χ0n) is 28.7. The minimum atomic E-state index is -3.99. The molecular weight excluding hydrogens is 666 g/mol. The molecule has 1 aromatic heterocycles. The van der Waals surface area contributed by atoms with Crippen LogP contribution in [-0.2, 0) is 24.4 Å². The lowest BCUT2D eigenvalue weighted by molar-refractivity contribution is -0.142. The van der Waals surface area contributed by atoms with E-state index in [0.29, 0.717) is 36.8 Å². The second-order valence-electron chi connectivity index (χ2n) is 14.6. The second-order valence-corrected chi connectivity index (χ2v) is 16.8. The molecule has 14 nitrogen and oxygen atoms in total. The van der Waals surface area contributed by atoms with Crippen LogP contribution in [0.2, 0.25) is 0 Å². The third-order valence-corrected chi connectivity index (χ3v) is 12.9. The fourth-order valence-electron chi connectivity index (χ4n) is 7.31. The SMILES string of the molecule is COc1cccc2c(O[C@@H]3C[C@H]4C(=O)N[C@]5(C(=O)NS(=O)(=O)C6(C)CC6)C[C@H]5C=CCC[C@@H](C)C[C@@H](C)[C@H](NC(=O)O)C(=O)N4C3)nccc12. The summed E-state index contributed by atoms with van der Waals surface area (Å²) in [7, 11) is -2.44. The van der Waals surface area contributed by atoms with E-state index in [2.05, 4.69) is 20.3 Å². The van der Waals surface area contributed by atoms with Crippen molar-refractivity contribution in [2.24, 2.45) is 17.8 Å². The Labute approximate surface area is 291 Å². The van der Waals surface area contributed by atoms with Crippen molar-refractivity contribution in [1.82, 2.24) is 25.2 Å². The first-order valence-corrected chi connectivity index (χ1v) is 18.6. The molecule has 2 saturated carbocycles. The maximum Gasteiger partial charge on any atom is 0.405 e. The molecule has 0 spiro atoms. The van der Waals surface area contributed by atoms with Gasteiger partial charge in [-0.2, -0.15) is 0 Å². The minimum Gasteiger partial charge on any atom is -0.496 e. The summed E-state index contributed by atoms with van der Waals surface area (Å²) in [4.78, 5) is 60.0. The summed E-state index contributed by atoms with van der Waals surface area (Å²) >= 11 is 0. The van der Waals surface area contributed by atoms with E-state index in [9.17, 15) is 32.7 Å². The first-order valence-electron chi connectivity index (χ1n) is 17.1. The first-order chi connectivity index (χ1) is 23.7. The second kappa shape index (κ2) is 13.4. The predicted octanol–water partition coefficient (Wildman–Crippen LogP) is 3.11. The number of carbonyl (C=O) groups is 4. The molecule has 0 bridgehead atoms. The molecule has 6 rings (SSSR count). The maximum absolute atomic E-state index is 14.3. The molecule has 0 unspecified atom stereocenters. The van der Waals surface area contributed by atoms with Gasteiger partial charge in [0.1, 0.15) is 29.5 Å². The van der Waals surface area contributed by atoms with Crippen LogP contribution in [0.4, 0.5) is 4.79 Å². The summed E-state index contributed by atoms with van der Waals surface area (Å²) in [5, 5.41) is 16.4. The highest BCUT2D eigenvalue weighted by atomic mass is 32.2. The number of amides is 4. The molecule has 50 heavy (non-hydrogen) atoms. The van der Waals surface area contributed by atoms with Crippen LogP contribution in [-0.4, -0.2) is 89.4 Å². The van der Waals surface area contributed by atoms with Gasteiger partial charge in [0.2, 0.25) is 27.7 Å². The average Bonchev–Trinajstić information content (AvgIpc) is 3.95. The van der Waals surface area contributed by atoms with Gasteiger partial charge in [0.15, 0.2) is 0 Å². The van der Waals surface area contributed by atoms with Crippen molar-refractivity contribution >= 4 is 44.6 Å². The number of carboxylic acid groups (broad SMARTS) is 1. The summed E-state index contributed by atoms with van der Waals surface area (Å²) in [6.45, 7) is 5.36. The Morgan fingerprint density at radius 2 is 1.88 bits per heavy atom. The number of carbonyl (C=O) groups excluding carboxylic acids is 3. The first kappa shape index (κ1) is 35.4. The van der Waals surface area contributed by atoms with Crippen molar-refractivity contribution < 1.29 is 42.2 Å². The van der Waals surface area contributed by atoms with E-state index in [-0.39, 0.29) is 31.2 Å². The normalized spacial score (nSPS) is 30.9. The number of benzene rings is 1. The molecule has 4 aliphatic rings. The van der Waals surface area contributed by atoms with Crippen LogP contribution in [0.3, 0.4) is 0 Å². The summed E-state index contributed by atoms with van der Waals surface area (Å²) in [5.74, 6) is -1.92. The van der Waals surface area contributed by atoms with Crippen LogP contribution >= 0.6 is 0 Å². The summed E-state index contributed by atoms with van der Waals surface area (Å²) in [6.07, 6.45) is 6.25. The number of fused-ring (bicyclic) bond motifs is 3. The number of allylic oxidation sites excluding steroid dienone is 1. The molecule has 7 atom stereocenters. The smallest absolute Gasteiger partial charge is 0.405 e. The number of hydrogen-bond donors (Lipinski definition) is 4. The minimum absolute atomic E-state index is 0.0127. The molecule has 1 aromatic carbocycles. The van der Waals surface area contributed by atoms with Crippen LogP contribution in [0.25, 0.3) is 10.8 Å². The molecule has 4 amide bonds. The lowest BCUT2D eigenvalue weighted by Crippen LogP contribution is -2.59. The predicted molar refractivity (Wildman–Crippen MR) is 183 cm³/mol. The van der Waals surface area contributed by atoms with E-state index >= 15 is 0 Å². The van der Waals surface area contributed by atoms with E-state index in [1.807, 2.05) is 38.1 Å². The number of ether oxygens (including phenoxy) is 2. The van der Waals surface area contributed by atoms with Crippen molar-refractivity contribution in [3.05, 3.63) is 42.6 Å². The van der Waals surface area contributed by atoms with Crippen molar-refractivity contribution in [3.8, 4) is 11.6 Å². The van der Waals surface area contributed by atoms with Crippen LogP contribution < -0.4 is 24.8 Å². The van der Waals surface area contributed by atoms with Gasteiger partial charge in [-0.15, -0.1) is 0 Å². The van der Waals surface area contributed by atoms with Gasteiger partial charge < -0.3 is 30.1 Å². The van der Waals surface area contributed by atoms with Gasteiger partial charge >= 0.3 is 6.09 Å². The summed E-state index contributed by atoms with van der Waals surface area (Å²) in [6, 6.07) is 4.90. The Kier molecular flexibility index (Phi) is 9.48. The molecule has 0 radical (unpaired) electrons. The Bertz CT molecular complexity index is 1830. The fourth-order valence-corrected chi connectivity index (χ4v) is 8.62. The number of methoxy groups -OCH3 is 1. The van der Waals surface area contributed by atoms with E-state index in [4.69, 9.17) is 9.47 Å². The van der Waals surface area contributed by atoms with E-state index in [1.54, 1.807) is 32.4 Å². The lowest BCUT2D eigenvalue weighted by atomic mass is 9.88. The van der Waals surface area contributed by atoms with Gasteiger partial charge in [0.25, 0.3) is 5.91 Å². The van der Waals surface area contributed by atoms with E-state index in [0.717, 1.165) is 11.8 Å². The van der Waals surface area contributed by atoms with Gasteiger partial charge in [-0.1, -0.05) is 32.1 Å². The van der Waals surface area contributed by atoms with Crippen LogP contribution in [0, 0.1) is 17.8 Å². The third kappa shape index (κ3) is 6.83. The molecule has 2 aliphatic carbocycles. The summed E-state index contributed by atoms with van der Waals surface area (Å²) in [5.41, 5.74) is -1.54. The number of pyridine rings is 1. The number of nitrogens with one attached hydrogen (secondary N) is 3. The van der Waals surface area contributed by atoms with Crippen molar-refractivity contribution in [3.63, 3.8) is 0 Å². The molecular formula is C35H45N5O9S. The molecule has 3 heterocycles. The highest BCUT2D eigenvalue weighted by Crippen LogP contribution is 2.47. The van der Waals surface area contributed by atoms with Crippen molar-refractivity contribution in [2.45, 2.75) is 94.2 Å². The number of aromatic nitrogens is 1.